The van der Waals surface area contributed by atoms with Gasteiger partial charge in [0.25, 0.3) is 10.1 Å². The van der Waals surface area contributed by atoms with Gasteiger partial charge in [0, 0.05) is 6.42 Å². The van der Waals surface area contributed by atoms with Gasteiger partial charge in [0.1, 0.15) is 5.75 Å². The molecular weight excluding hydrogens is 196 g/mol. The van der Waals surface area contributed by atoms with Crippen LogP contribution in [0.3, 0.4) is 0 Å². The van der Waals surface area contributed by atoms with E-state index in [1.165, 1.54) is 6.92 Å². The molecule has 0 aromatic carbocycles. The summed E-state index contributed by atoms with van der Waals surface area (Å²) in [6.07, 6.45) is -1.71. The molecule has 6 heteroatoms. The molecule has 76 valence electrons. The van der Waals surface area contributed by atoms with E-state index in [2.05, 4.69) is 6.58 Å². The summed E-state index contributed by atoms with van der Waals surface area (Å²) in [6, 6.07) is 0. The Labute approximate surface area is 76.8 Å². The van der Waals surface area contributed by atoms with Crippen molar-refractivity contribution in [3.63, 3.8) is 0 Å². The van der Waals surface area contributed by atoms with Gasteiger partial charge in [-0.05, 0) is 12.5 Å². The van der Waals surface area contributed by atoms with Crippen molar-refractivity contribution in [2.45, 2.75) is 19.4 Å². The van der Waals surface area contributed by atoms with Crippen LogP contribution in [0.1, 0.15) is 13.3 Å². The molecule has 0 aliphatic rings. The normalized spacial score (nSPS) is 13.8. The summed E-state index contributed by atoms with van der Waals surface area (Å²) in [6.45, 7) is 4.79. The van der Waals surface area contributed by atoms with E-state index in [1.807, 2.05) is 0 Å². The number of carbonyl (C=O) groups excluding carboxylic acids is 1. The number of carbonyl (C=O) groups is 1. The molecule has 0 aromatic heterocycles. The van der Waals surface area contributed by atoms with Crippen LogP contribution in [0.5, 0.6) is 0 Å². The van der Waals surface area contributed by atoms with Crippen molar-refractivity contribution in [2.75, 3.05) is 5.75 Å². The smallest absolute Gasteiger partial charge is 0.267 e. The predicted octanol–water partition coefficient (Wildman–Crippen LogP) is -0.230. The zero-order valence-electron chi connectivity index (χ0n) is 7.23. The predicted molar refractivity (Wildman–Crippen MR) is 46.9 cm³/mol. The fraction of sp³-hybridized carbons (Fsp3) is 0.571. The Hall–Kier alpha value is -0.720. The van der Waals surface area contributed by atoms with E-state index >= 15 is 0 Å². The lowest BCUT2D eigenvalue weighted by Crippen LogP contribution is -2.23. The molecule has 13 heavy (non-hydrogen) atoms. The molecule has 0 amide bonds. The van der Waals surface area contributed by atoms with E-state index in [-0.39, 0.29) is 12.0 Å². The first kappa shape index (κ1) is 12.3. The first-order chi connectivity index (χ1) is 5.72. The molecule has 1 unspecified atom stereocenters. The fourth-order valence-corrected chi connectivity index (χ4v) is 1.29. The van der Waals surface area contributed by atoms with Crippen LogP contribution in [0.2, 0.25) is 0 Å². The molecule has 0 radical (unpaired) electrons. The molecule has 0 fully saturated rings. The first-order valence-electron chi connectivity index (χ1n) is 3.54. The minimum atomic E-state index is -4.23. The van der Waals surface area contributed by atoms with Gasteiger partial charge >= 0.3 is 0 Å². The Balaban J connectivity index is 4.10. The first-order valence-corrected chi connectivity index (χ1v) is 5.15. The molecule has 2 N–H and O–H groups in total. The monoisotopic (exact) mass is 208 g/mol. The Morgan fingerprint density at radius 1 is 1.54 bits per heavy atom. The standard InChI is InChI=1S/C7H12O5S/c1-5(2)7(9)3-6(8)4-13(10,11)12/h6,8H,1,3-4H2,2H3,(H,10,11,12). The topological polar surface area (TPSA) is 91.7 Å². The minimum absolute atomic E-state index is 0.245. The van der Waals surface area contributed by atoms with E-state index < -0.39 is 27.8 Å². The second-order valence-corrected chi connectivity index (χ2v) is 4.31. The summed E-state index contributed by atoms with van der Waals surface area (Å²) in [5.74, 6) is -1.25. The summed E-state index contributed by atoms with van der Waals surface area (Å²) in [4.78, 5) is 10.9. The van der Waals surface area contributed by atoms with E-state index in [0.717, 1.165) is 0 Å². The third-order valence-electron chi connectivity index (χ3n) is 1.30. The Morgan fingerprint density at radius 3 is 2.31 bits per heavy atom. The molecule has 0 aliphatic heterocycles. The van der Waals surface area contributed by atoms with Gasteiger partial charge in [-0.15, -0.1) is 0 Å². The second-order valence-electron chi connectivity index (χ2n) is 2.81. The number of aliphatic hydroxyl groups excluding tert-OH is 1. The minimum Gasteiger partial charge on any atom is -0.392 e. The molecule has 0 aliphatic carbocycles. The molecule has 0 rings (SSSR count). The van der Waals surface area contributed by atoms with Crippen LogP contribution in [-0.4, -0.2) is 35.7 Å². The van der Waals surface area contributed by atoms with Crippen molar-refractivity contribution in [2.24, 2.45) is 0 Å². The van der Waals surface area contributed by atoms with Gasteiger partial charge in [-0.25, -0.2) is 0 Å². The number of rotatable bonds is 5. The van der Waals surface area contributed by atoms with Crippen molar-refractivity contribution < 1.29 is 22.9 Å². The maximum atomic E-state index is 10.9. The van der Waals surface area contributed by atoms with Gasteiger partial charge in [0.15, 0.2) is 5.78 Å². The highest BCUT2D eigenvalue weighted by Crippen LogP contribution is 2.02. The van der Waals surface area contributed by atoms with Crippen LogP contribution in [0, 0.1) is 0 Å². The van der Waals surface area contributed by atoms with Crippen LogP contribution in [0.25, 0.3) is 0 Å². The Kier molecular flexibility index (Phi) is 4.25. The van der Waals surface area contributed by atoms with Crippen LogP contribution < -0.4 is 0 Å². The number of ketones is 1. The average Bonchev–Trinajstić information content (AvgIpc) is 1.81. The lowest BCUT2D eigenvalue weighted by Gasteiger charge is -2.06. The highest BCUT2D eigenvalue weighted by Gasteiger charge is 2.17. The summed E-state index contributed by atoms with van der Waals surface area (Å²) in [5, 5.41) is 9.00. The molecule has 5 nitrogen and oxygen atoms in total. The van der Waals surface area contributed by atoms with Gasteiger partial charge in [0.05, 0.1) is 6.10 Å². The Morgan fingerprint density at radius 2 is 2.00 bits per heavy atom. The zero-order valence-corrected chi connectivity index (χ0v) is 8.04. The second kappa shape index (κ2) is 4.50. The van der Waals surface area contributed by atoms with Crippen molar-refractivity contribution in [1.82, 2.24) is 0 Å². The van der Waals surface area contributed by atoms with Gasteiger partial charge in [-0.1, -0.05) is 6.58 Å². The highest BCUT2D eigenvalue weighted by atomic mass is 32.2. The summed E-state index contributed by atoms with van der Waals surface area (Å²) >= 11 is 0. The largest absolute Gasteiger partial charge is 0.392 e. The van der Waals surface area contributed by atoms with Gasteiger partial charge in [0.2, 0.25) is 0 Å². The van der Waals surface area contributed by atoms with Crippen LogP contribution in [0.4, 0.5) is 0 Å². The number of hydrogen-bond acceptors (Lipinski definition) is 4. The lowest BCUT2D eigenvalue weighted by atomic mass is 10.1. The number of Topliss-reactive ketones (excluding diaryl/α,β-unsaturated/α-hetero) is 1. The third-order valence-corrected chi connectivity index (χ3v) is 2.11. The van der Waals surface area contributed by atoms with Crippen molar-refractivity contribution in [3.05, 3.63) is 12.2 Å². The SMILES string of the molecule is C=C(C)C(=O)CC(O)CS(=O)(=O)O. The summed E-state index contributed by atoms with van der Waals surface area (Å²) < 4.78 is 28.8. The highest BCUT2D eigenvalue weighted by molar-refractivity contribution is 7.85. The van der Waals surface area contributed by atoms with Crippen LogP contribution in [0.15, 0.2) is 12.2 Å². The molecule has 0 bridgehead atoms. The van der Waals surface area contributed by atoms with Gasteiger partial charge in [-0.3, -0.25) is 9.35 Å². The number of allylic oxidation sites excluding steroid dienone is 1. The van der Waals surface area contributed by atoms with Gasteiger partial charge < -0.3 is 5.11 Å². The zero-order chi connectivity index (χ0) is 10.6. The molecule has 0 heterocycles. The van der Waals surface area contributed by atoms with Crippen molar-refractivity contribution in [1.29, 1.82) is 0 Å². The van der Waals surface area contributed by atoms with Crippen molar-refractivity contribution in [3.8, 4) is 0 Å². The molecule has 0 saturated heterocycles. The van der Waals surface area contributed by atoms with E-state index in [9.17, 15) is 13.2 Å². The average molecular weight is 208 g/mol. The molecule has 0 spiro atoms. The maximum Gasteiger partial charge on any atom is 0.267 e. The van der Waals surface area contributed by atoms with E-state index in [4.69, 9.17) is 9.66 Å². The van der Waals surface area contributed by atoms with Crippen LogP contribution >= 0.6 is 0 Å². The summed E-state index contributed by atoms with van der Waals surface area (Å²) in [7, 11) is -4.23. The molecule has 1 atom stereocenters. The summed E-state index contributed by atoms with van der Waals surface area (Å²) in [5.41, 5.74) is 0.245. The van der Waals surface area contributed by atoms with Gasteiger partial charge in [-0.2, -0.15) is 8.42 Å². The van der Waals surface area contributed by atoms with E-state index in [1.54, 1.807) is 0 Å². The Bertz CT molecular complexity index is 303. The van der Waals surface area contributed by atoms with E-state index in [0.29, 0.717) is 0 Å². The number of hydrogen-bond donors (Lipinski definition) is 2. The molecular formula is C7H12O5S. The maximum absolute atomic E-state index is 10.9. The third kappa shape index (κ3) is 6.44. The molecule has 0 aromatic rings. The molecule has 0 saturated carbocycles. The fourth-order valence-electron chi connectivity index (χ4n) is 0.690. The van der Waals surface area contributed by atoms with Crippen LogP contribution in [-0.2, 0) is 14.9 Å². The van der Waals surface area contributed by atoms with Crippen molar-refractivity contribution >= 4 is 15.9 Å². The lowest BCUT2D eigenvalue weighted by molar-refractivity contribution is -0.117. The quantitative estimate of drug-likeness (QED) is 0.481. The number of aliphatic hydroxyl groups is 1.